The van der Waals surface area contributed by atoms with Gasteiger partial charge in [-0.25, -0.2) is 0 Å². The topological polar surface area (TPSA) is 17.1 Å². The van der Waals surface area contributed by atoms with Crippen molar-refractivity contribution in [3.63, 3.8) is 0 Å². The van der Waals surface area contributed by atoms with Gasteiger partial charge < -0.3 is 0 Å². The quantitative estimate of drug-likeness (QED) is 0.508. The Morgan fingerprint density at radius 1 is 1.00 bits per heavy atom. The molecule has 0 amide bonds. The second-order valence-corrected chi connectivity index (χ2v) is 3.76. The minimum Gasteiger partial charge on any atom is -0.294 e. The van der Waals surface area contributed by atoms with Crippen LogP contribution in [0.25, 0.3) is 0 Å². The highest BCUT2D eigenvalue weighted by Crippen LogP contribution is 2.11. The lowest BCUT2D eigenvalue weighted by Gasteiger charge is -2.05. The van der Waals surface area contributed by atoms with Gasteiger partial charge in [0.2, 0.25) is 0 Å². The Morgan fingerprint density at radius 2 is 1.44 bits per heavy atom. The van der Waals surface area contributed by atoms with Gasteiger partial charge in [-0.3, -0.25) is 4.79 Å². The van der Waals surface area contributed by atoms with Gasteiger partial charge >= 0.3 is 0 Å². The number of hydrogen-bond donors (Lipinski definition) is 0. The molecule has 1 nitrogen and oxygen atoms in total. The number of allylic oxidation sites excluding steroid dienone is 2. The third-order valence-electron chi connectivity index (χ3n) is 2.06. The van der Waals surface area contributed by atoms with E-state index in [1.807, 2.05) is 84.9 Å². The molecule has 0 aliphatic rings. The molecule has 0 saturated heterocycles. The summed E-state index contributed by atoms with van der Waals surface area (Å²) < 4.78 is 0. The maximum absolute atomic E-state index is 11.8. The van der Waals surface area contributed by atoms with E-state index in [2.05, 4.69) is 0 Å². The molecule has 1 aromatic carbocycles. The summed E-state index contributed by atoms with van der Waals surface area (Å²) in [5, 5.41) is 0. The third kappa shape index (κ3) is 7.83. The van der Waals surface area contributed by atoms with Crippen molar-refractivity contribution in [1.29, 1.82) is 0 Å². The Hall–Kier alpha value is -1.37. The zero-order valence-corrected chi connectivity index (χ0v) is 12.9. The van der Waals surface area contributed by atoms with Crippen LogP contribution in [0.4, 0.5) is 0 Å². The summed E-state index contributed by atoms with van der Waals surface area (Å²) in [4.78, 5) is 11.8. The molecular formula is C17H28O. The van der Waals surface area contributed by atoms with E-state index >= 15 is 0 Å². The van der Waals surface area contributed by atoms with Crippen molar-refractivity contribution in [2.24, 2.45) is 5.92 Å². The standard InChI is InChI=1S/C13H16O.2C2H6/c1-10(2)9-11(3)13(14)12-7-5-4-6-8-12;2*1-2/h4-9,11H,1-3H3;2*1-2H3. The van der Waals surface area contributed by atoms with E-state index in [1.165, 1.54) is 5.57 Å². The number of ketones is 1. The van der Waals surface area contributed by atoms with E-state index in [-0.39, 0.29) is 11.7 Å². The molecule has 0 bridgehead atoms. The van der Waals surface area contributed by atoms with Crippen molar-refractivity contribution in [3.8, 4) is 0 Å². The normalized spacial score (nSPS) is 9.94. The molecular weight excluding hydrogens is 220 g/mol. The van der Waals surface area contributed by atoms with Gasteiger partial charge in [-0.15, -0.1) is 0 Å². The van der Waals surface area contributed by atoms with Crippen LogP contribution in [0.1, 0.15) is 58.8 Å². The highest BCUT2D eigenvalue weighted by Gasteiger charge is 2.11. The summed E-state index contributed by atoms with van der Waals surface area (Å²) in [7, 11) is 0. The molecule has 0 N–H and O–H groups in total. The van der Waals surface area contributed by atoms with Gasteiger partial charge in [0.25, 0.3) is 0 Å². The summed E-state index contributed by atoms with van der Waals surface area (Å²) in [6.45, 7) is 14.0. The summed E-state index contributed by atoms with van der Waals surface area (Å²) in [5.74, 6) is 0.161. The van der Waals surface area contributed by atoms with E-state index < -0.39 is 0 Å². The number of carbonyl (C=O) groups is 1. The first-order chi connectivity index (χ1) is 8.61. The van der Waals surface area contributed by atoms with Crippen LogP contribution in [0, 0.1) is 5.92 Å². The molecule has 1 unspecified atom stereocenters. The lowest BCUT2D eigenvalue weighted by Crippen LogP contribution is -2.08. The van der Waals surface area contributed by atoms with Crippen molar-refractivity contribution >= 4 is 5.78 Å². The van der Waals surface area contributed by atoms with E-state index in [1.54, 1.807) is 0 Å². The van der Waals surface area contributed by atoms with Crippen LogP contribution in [0.3, 0.4) is 0 Å². The summed E-state index contributed by atoms with van der Waals surface area (Å²) in [6, 6.07) is 9.42. The van der Waals surface area contributed by atoms with Crippen LogP contribution in [0.15, 0.2) is 42.0 Å². The highest BCUT2D eigenvalue weighted by atomic mass is 16.1. The number of hydrogen-bond acceptors (Lipinski definition) is 1. The van der Waals surface area contributed by atoms with Crippen LogP contribution in [0.2, 0.25) is 0 Å². The number of rotatable bonds is 3. The van der Waals surface area contributed by atoms with Gasteiger partial charge in [-0.05, 0) is 13.8 Å². The Bertz CT molecular complexity index is 332. The first-order valence-corrected chi connectivity index (χ1v) is 6.85. The smallest absolute Gasteiger partial charge is 0.169 e. The lowest BCUT2D eigenvalue weighted by atomic mass is 9.98. The first-order valence-electron chi connectivity index (χ1n) is 6.85. The molecule has 1 aromatic rings. The van der Waals surface area contributed by atoms with Gasteiger partial charge in [0.1, 0.15) is 0 Å². The molecule has 102 valence electrons. The molecule has 18 heavy (non-hydrogen) atoms. The number of Topliss-reactive ketones (excluding diaryl/α,β-unsaturated/α-hetero) is 1. The summed E-state index contributed by atoms with van der Waals surface area (Å²) in [6.07, 6.45) is 2.00. The average Bonchev–Trinajstić information content (AvgIpc) is 2.42. The fourth-order valence-electron chi connectivity index (χ4n) is 1.44. The van der Waals surface area contributed by atoms with Crippen molar-refractivity contribution in [2.75, 3.05) is 0 Å². The van der Waals surface area contributed by atoms with Crippen LogP contribution >= 0.6 is 0 Å². The summed E-state index contributed by atoms with van der Waals surface area (Å²) >= 11 is 0. The van der Waals surface area contributed by atoms with Gasteiger partial charge in [0, 0.05) is 11.5 Å². The lowest BCUT2D eigenvalue weighted by molar-refractivity contribution is 0.0953. The molecule has 1 heteroatoms. The Labute approximate surface area is 113 Å². The van der Waals surface area contributed by atoms with E-state index in [0.29, 0.717) is 0 Å². The predicted molar refractivity (Wildman–Crippen MR) is 82.1 cm³/mol. The second kappa shape index (κ2) is 12.1. The van der Waals surface area contributed by atoms with Crippen LogP contribution in [-0.4, -0.2) is 5.78 Å². The van der Waals surface area contributed by atoms with Crippen LogP contribution < -0.4 is 0 Å². The molecule has 0 saturated carbocycles. The average molecular weight is 248 g/mol. The zero-order valence-electron chi connectivity index (χ0n) is 12.9. The summed E-state index contributed by atoms with van der Waals surface area (Å²) in [5.41, 5.74) is 1.97. The maximum atomic E-state index is 11.8. The predicted octanol–water partition coefficient (Wildman–Crippen LogP) is 5.52. The Kier molecular flexibility index (Phi) is 12.8. The monoisotopic (exact) mass is 248 g/mol. The van der Waals surface area contributed by atoms with Gasteiger partial charge in [-0.1, -0.05) is 76.6 Å². The van der Waals surface area contributed by atoms with Crippen LogP contribution in [-0.2, 0) is 0 Å². The number of benzene rings is 1. The van der Waals surface area contributed by atoms with Crippen molar-refractivity contribution in [2.45, 2.75) is 48.5 Å². The fourth-order valence-corrected chi connectivity index (χ4v) is 1.44. The zero-order chi connectivity index (χ0) is 14.6. The Morgan fingerprint density at radius 3 is 1.83 bits per heavy atom. The molecule has 0 aromatic heterocycles. The molecule has 1 rings (SSSR count). The van der Waals surface area contributed by atoms with Crippen molar-refractivity contribution < 1.29 is 4.79 Å². The third-order valence-corrected chi connectivity index (χ3v) is 2.06. The molecule has 0 radical (unpaired) electrons. The molecule has 0 heterocycles. The van der Waals surface area contributed by atoms with Gasteiger partial charge in [0.15, 0.2) is 5.78 Å². The molecule has 0 aliphatic carbocycles. The molecule has 1 atom stereocenters. The van der Waals surface area contributed by atoms with E-state index in [4.69, 9.17) is 0 Å². The second-order valence-electron chi connectivity index (χ2n) is 3.76. The maximum Gasteiger partial charge on any atom is 0.169 e. The van der Waals surface area contributed by atoms with E-state index in [9.17, 15) is 4.79 Å². The molecule has 0 fully saturated rings. The molecule has 0 spiro atoms. The van der Waals surface area contributed by atoms with Gasteiger partial charge in [0.05, 0.1) is 0 Å². The fraction of sp³-hybridized carbons (Fsp3) is 0.471. The largest absolute Gasteiger partial charge is 0.294 e. The van der Waals surface area contributed by atoms with Crippen LogP contribution in [0.5, 0.6) is 0 Å². The number of carbonyl (C=O) groups excluding carboxylic acids is 1. The minimum absolute atomic E-state index is 0.0256. The minimum atomic E-state index is -0.0256. The van der Waals surface area contributed by atoms with Gasteiger partial charge in [-0.2, -0.15) is 0 Å². The first kappa shape index (κ1) is 19.0. The highest BCUT2D eigenvalue weighted by molar-refractivity contribution is 5.98. The Balaban J connectivity index is 0. The van der Waals surface area contributed by atoms with E-state index in [0.717, 1.165) is 5.56 Å². The van der Waals surface area contributed by atoms with Crippen molar-refractivity contribution in [1.82, 2.24) is 0 Å². The SMILES string of the molecule is CC.CC.CC(C)=CC(C)C(=O)c1ccccc1. The van der Waals surface area contributed by atoms with Crippen molar-refractivity contribution in [3.05, 3.63) is 47.5 Å². The molecule has 0 aliphatic heterocycles.